The lowest BCUT2D eigenvalue weighted by Gasteiger charge is -2.33. The largest absolute Gasteiger partial charge is 0.470 e. The minimum Gasteiger partial charge on any atom is -0.470 e. The van der Waals surface area contributed by atoms with E-state index in [4.69, 9.17) is 4.74 Å². The van der Waals surface area contributed by atoms with Crippen molar-refractivity contribution < 1.29 is 17.9 Å². The van der Waals surface area contributed by atoms with Gasteiger partial charge in [0, 0.05) is 40.1 Å². The van der Waals surface area contributed by atoms with Gasteiger partial charge in [-0.25, -0.2) is 18.4 Å². The highest BCUT2D eigenvalue weighted by Gasteiger charge is 2.28. The second-order valence-electron chi connectivity index (χ2n) is 6.32. The Hall–Kier alpha value is -1.94. The van der Waals surface area contributed by atoms with E-state index in [1.165, 1.54) is 7.05 Å². The van der Waals surface area contributed by atoms with Gasteiger partial charge in [-0.05, 0) is 12.8 Å². The van der Waals surface area contributed by atoms with Crippen molar-refractivity contribution in [3.05, 3.63) is 12.4 Å². The number of likely N-dealkylation sites (N-methyl/N-ethyl adjacent to an activating group) is 1. The van der Waals surface area contributed by atoms with Gasteiger partial charge in [0.25, 0.3) is 5.88 Å². The minimum absolute atomic E-state index is 0.167. The zero-order valence-corrected chi connectivity index (χ0v) is 15.9. The van der Waals surface area contributed by atoms with E-state index < -0.39 is 10.0 Å². The van der Waals surface area contributed by atoms with Crippen LogP contribution in [-0.4, -0.2) is 86.6 Å². The molecular weight excluding hydrogens is 346 g/mol. The summed E-state index contributed by atoms with van der Waals surface area (Å²) in [6.07, 6.45) is 5.64. The van der Waals surface area contributed by atoms with Gasteiger partial charge < -0.3 is 14.5 Å². The summed E-state index contributed by atoms with van der Waals surface area (Å²) < 4.78 is 29.9. The predicted octanol–water partition coefficient (Wildman–Crippen LogP) is -0.196. The van der Waals surface area contributed by atoms with Crippen LogP contribution in [0.1, 0.15) is 12.8 Å². The van der Waals surface area contributed by atoms with Crippen LogP contribution >= 0.6 is 0 Å². The molecule has 2 rings (SSSR count). The number of anilines is 1. The van der Waals surface area contributed by atoms with E-state index >= 15 is 0 Å². The van der Waals surface area contributed by atoms with Crippen LogP contribution < -0.4 is 9.64 Å². The van der Waals surface area contributed by atoms with Crippen LogP contribution in [0.3, 0.4) is 0 Å². The molecule has 25 heavy (non-hydrogen) atoms. The maximum absolute atomic E-state index is 12.4. The summed E-state index contributed by atoms with van der Waals surface area (Å²) in [6.45, 7) is 0.830. The Bertz CT molecular complexity index is 710. The van der Waals surface area contributed by atoms with E-state index in [1.807, 2.05) is 19.0 Å². The first kappa shape index (κ1) is 19.4. The molecule has 0 spiro atoms. The number of ether oxygens (including phenoxy) is 1. The summed E-state index contributed by atoms with van der Waals surface area (Å²) in [5.74, 6) is 0.830. The fraction of sp³-hybridized carbons (Fsp3) is 0.667. The van der Waals surface area contributed by atoms with Crippen LogP contribution in [0.5, 0.6) is 5.88 Å². The molecule has 1 aromatic heterocycles. The summed E-state index contributed by atoms with van der Waals surface area (Å²) >= 11 is 0. The van der Waals surface area contributed by atoms with Crippen LogP contribution in [0, 0.1) is 0 Å². The summed E-state index contributed by atoms with van der Waals surface area (Å²) in [4.78, 5) is 24.3. The Labute approximate surface area is 148 Å². The maximum Gasteiger partial charge on any atom is 0.257 e. The number of likely N-dealkylation sites (tertiary alicyclic amines) is 1. The molecule has 10 heteroatoms. The topological polar surface area (TPSA) is 95.9 Å². The van der Waals surface area contributed by atoms with Crippen molar-refractivity contribution in [2.45, 2.75) is 18.9 Å². The molecule has 0 radical (unpaired) electrons. The predicted molar refractivity (Wildman–Crippen MR) is 94.1 cm³/mol. The van der Waals surface area contributed by atoms with Crippen LogP contribution in [-0.2, 0) is 14.8 Å². The average Bonchev–Trinajstić information content (AvgIpc) is 2.54. The molecular formula is C15H25N5O4S. The fourth-order valence-electron chi connectivity index (χ4n) is 2.53. The first-order chi connectivity index (χ1) is 11.7. The average molecular weight is 371 g/mol. The Morgan fingerprint density at radius 3 is 2.64 bits per heavy atom. The van der Waals surface area contributed by atoms with Crippen molar-refractivity contribution >= 4 is 21.7 Å². The molecule has 1 atom stereocenters. The van der Waals surface area contributed by atoms with Crippen LogP contribution in [0.2, 0.25) is 0 Å². The smallest absolute Gasteiger partial charge is 0.257 e. The summed E-state index contributed by atoms with van der Waals surface area (Å²) in [6, 6.07) is 0. The molecule has 0 saturated carbocycles. The van der Waals surface area contributed by atoms with E-state index in [1.54, 1.807) is 17.3 Å². The molecule has 1 aromatic rings. The highest BCUT2D eigenvalue weighted by molar-refractivity contribution is 7.88. The second-order valence-corrected chi connectivity index (χ2v) is 8.41. The molecule has 1 aliphatic heterocycles. The van der Waals surface area contributed by atoms with Crippen LogP contribution in [0.25, 0.3) is 0 Å². The number of hydrogen-bond acceptors (Lipinski definition) is 7. The number of hydrogen-bond donors (Lipinski definition) is 0. The molecule has 0 N–H and O–H groups in total. The number of aromatic nitrogens is 2. The normalized spacial score (nSPS) is 18.3. The lowest BCUT2D eigenvalue weighted by Crippen LogP contribution is -2.48. The molecule has 2 heterocycles. The molecule has 0 aromatic carbocycles. The van der Waals surface area contributed by atoms with E-state index in [-0.39, 0.29) is 18.6 Å². The number of nitrogens with zero attached hydrogens (tertiary/aromatic N) is 5. The van der Waals surface area contributed by atoms with E-state index in [9.17, 15) is 13.2 Å². The van der Waals surface area contributed by atoms with Gasteiger partial charge in [0.15, 0.2) is 5.82 Å². The molecule has 1 fully saturated rings. The van der Waals surface area contributed by atoms with E-state index in [0.717, 1.165) is 23.4 Å². The maximum atomic E-state index is 12.4. The van der Waals surface area contributed by atoms with Gasteiger partial charge >= 0.3 is 0 Å². The van der Waals surface area contributed by atoms with Gasteiger partial charge in [-0.3, -0.25) is 4.79 Å². The van der Waals surface area contributed by atoms with Gasteiger partial charge in [-0.1, -0.05) is 0 Å². The Balaban J connectivity index is 2.00. The van der Waals surface area contributed by atoms with Crippen molar-refractivity contribution in [1.82, 2.24) is 19.2 Å². The molecule has 9 nitrogen and oxygen atoms in total. The monoisotopic (exact) mass is 371 g/mol. The number of carbonyl (C=O) groups excluding carboxylic acids is 1. The van der Waals surface area contributed by atoms with Gasteiger partial charge in [0.1, 0.15) is 6.10 Å². The van der Waals surface area contributed by atoms with Crippen molar-refractivity contribution in [3.8, 4) is 5.88 Å². The second kappa shape index (κ2) is 7.96. The Morgan fingerprint density at radius 1 is 1.32 bits per heavy atom. The first-order valence-corrected chi connectivity index (χ1v) is 9.87. The third-order valence-electron chi connectivity index (χ3n) is 4.00. The standard InChI is InChI=1S/C15H25N5O4S/c1-18(2)14-15(17-8-7-16-14)24-12-6-5-9-20(10-12)13(21)11-19(3)25(4,22)23/h7-8,12H,5-6,9-11H2,1-4H3. The number of sulfonamides is 1. The van der Waals surface area contributed by atoms with Crippen molar-refractivity contribution in [2.24, 2.45) is 0 Å². The van der Waals surface area contributed by atoms with Crippen molar-refractivity contribution in [2.75, 3.05) is 51.9 Å². The summed E-state index contributed by atoms with van der Waals surface area (Å²) in [5, 5.41) is 0. The lowest BCUT2D eigenvalue weighted by atomic mass is 10.1. The quantitative estimate of drug-likeness (QED) is 0.683. The lowest BCUT2D eigenvalue weighted by molar-refractivity contribution is -0.133. The third kappa shape index (κ3) is 5.27. The molecule has 1 saturated heterocycles. The molecule has 1 aliphatic rings. The molecule has 0 bridgehead atoms. The zero-order chi connectivity index (χ0) is 18.6. The fourth-order valence-corrected chi connectivity index (χ4v) is 2.88. The number of rotatable bonds is 6. The molecule has 0 aliphatic carbocycles. The summed E-state index contributed by atoms with van der Waals surface area (Å²) in [5.41, 5.74) is 0. The van der Waals surface area contributed by atoms with Gasteiger partial charge in [0.2, 0.25) is 15.9 Å². The molecule has 1 amide bonds. The van der Waals surface area contributed by atoms with E-state index in [2.05, 4.69) is 9.97 Å². The first-order valence-electron chi connectivity index (χ1n) is 8.02. The molecule has 140 valence electrons. The minimum atomic E-state index is -3.38. The summed E-state index contributed by atoms with van der Waals surface area (Å²) in [7, 11) is 1.73. The Morgan fingerprint density at radius 2 is 2.00 bits per heavy atom. The number of carbonyl (C=O) groups is 1. The Kier molecular flexibility index (Phi) is 6.17. The van der Waals surface area contributed by atoms with Gasteiger partial charge in [-0.2, -0.15) is 4.31 Å². The van der Waals surface area contributed by atoms with Gasteiger partial charge in [-0.15, -0.1) is 0 Å². The van der Waals surface area contributed by atoms with E-state index in [0.29, 0.717) is 24.8 Å². The zero-order valence-electron chi connectivity index (χ0n) is 15.0. The third-order valence-corrected chi connectivity index (χ3v) is 5.26. The number of piperidine rings is 1. The number of amides is 1. The SMILES string of the molecule is CN(C)c1nccnc1OC1CCCN(C(=O)CN(C)S(C)(=O)=O)C1. The van der Waals surface area contributed by atoms with Crippen molar-refractivity contribution in [1.29, 1.82) is 0 Å². The van der Waals surface area contributed by atoms with Crippen LogP contribution in [0.4, 0.5) is 5.82 Å². The highest BCUT2D eigenvalue weighted by Crippen LogP contribution is 2.24. The van der Waals surface area contributed by atoms with Gasteiger partial charge in [0.05, 0.1) is 19.3 Å². The van der Waals surface area contributed by atoms with Crippen LogP contribution in [0.15, 0.2) is 12.4 Å². The highest BCUT2D eigenvalue weighted by atomic mass is 32.2. The molecule has 1 unspecified atom stereocenters. The van der Waals surface area contributed by atoms with Crippen molar-refractivity contribution in [3.63, 3.8) is 0 Å².